The zero-order valence-electron chi connectivity index (χ0n) is 46.1. The Kier molecular flexibility index (Phi) is 73.1. The van der Waals surface area contributed by atoms with Crippen molar-refractivity contribution in [3.05, 3.63) is 104 Å². The largest absolute Gasteiger partial charge is 1.00 e. The predicted octanol–water partition coefficient (Wildman–Crippen LogP) is 16.1. The van der Waals surface area contributed by atoms with Crippen molar-refractivity contribution in [2.45, 2.75) is 117 Å². The smallest absolute Gasteiger partial charge is 1.00 e. The molecule has 4 aromatic rings. The summed E-state index contributed by atoms with van der Waals surface area (Å²) in [5, 5.41) is 29.9. The van der Waals surface area contributed by atoms with Gasteiger partial charge in [-0.3, -0.25) is 4.79 Å². The second kappa shape index (κ2) is 60.6. The number of benzene rings is 4. The maximum atomic E-state index is 11.6. The summed E-state index contributed by atoms with van der Waals surface area (Å²) in [6, 6.07) is 19.6. The van der Waals surface area contributed by atoms with Crippen LogP contribution in [0.2, 0.25) is 20.1 Å². The van der Waals surface area contributed by atoms with Crippen LogP contribution >= 0.6 is 234 Å². The summed E-state index contributed by atoms with van der Waals surface area (Å²) in [5.74, 6) is 3.96. The molecule has 0 saturated heterocycles. The molecular formula is C50H65BrCl6I8K2N2O11. The molecule has 4 aromatic carbocycles. The summed E-state index contributed by atoms with van der Waals surface area (Å²) >= 11 is 53.4. The molecule has 30 heteroatoms. The molecule has 3 aliphatic rings. The van der Waals surface area contributed by atoms with Crippen LogP contribution < -0.4 is 129 Å². The number of phenols is 2. The molecule has 3 saturated carbocycles. The van der Waals surface area contributed by atoms with E-state index in [1.54, 1.807) is 84.0 Å². The molecule has 6 N–H and O–H groups in total. The number of alkyl halides is 3. The van der Waals surface area contributed by atoms with Gasteiger partial charge in [-0.2, -0.15) is 0 Å². The summed E-state index contributed by atoms with van der Waals surface area (Å²) in [6.45, 7) is 10.5. The van der Waals surface area contributed by atoms with Crippen LogP contribution in [0.5, 0.6) is 23.0 Å². The van der Waals surface area contributed by atoms with E-state index in [9.17, 15) is 9.59 Å². The van der Waals surface area contributed by atoms with Gasteiger partial charge in [-0.15, -0.1) is 23.2 Å². The molecule has 0 spiro atoms. The molecule has 7 rings (SSSR count). The van der Waals surface area contributed by atoms with E-state index in [1.165, 1.54) is 74.9 Å². The Morgan fingerprint density at radius 2 is 0.887 bits per heavy atom. The molecule has 0 aromatic heterocycles. The number of ether oxygens (including phenoxy) is 4. The number of aryl methyl sites for hydroxylation is 2. The normalized spacial score (nSPS) is 11.9. The molecular weight excluding hydrogens is 2190 g/mol. The first-order valence-corrected chi connectivity index (χ1v) is 51.5. The summed E-state index contributed by atoms with van der Waals surface area (Å²) < 4.78 is 20.1. The first kappa shape index (κ1) is 96.5. The van der Waals surface area contributed by atoms with E-state index in [0.29, 0.717) is 43.0 Å². The molecule has 0 unspecified atom stereocenters. The van der Waals surface area contributed by atoms with E-state index in [1.807, 2.05) is 12.1 Å². The maximum absolute atomic E-state index is 11.6. The molecule has 0 radical (unpaired) electrons. The average Bonchev–Trinajstić information content (AvgIpc) is 4.23. The van der Waals surface area contributed by atoms with E-state index >= 15 is 0 Å². The van der Waals surface area contributed by atoms with E-state index in [0.717, 1.165) is 41.7 Å². The molecule has 3 aliphatic carbocycles. The Hall–Kier alpha value is 5.38. The molecule has 13 nitrogen and oxygen atoms in total. The second-order valence-electron chi connectivity index (χ2n) is 17.9. The Morgan fingerprint density at radius 3 is 1.15 bits per heavy atom. The minimum Gasteiger partial charge on any atom is -1.00 e. The van der Waals surface area contributed by atoms with Crippen LogP contribution in [0.4, 0.5) is 21.0 Å². The Balaban J connectivity index is -0.000000163. The fourth-order valence-corrected chi connectivity index (χ4v) is 6.69. The van der Waals surface area contributed by atoms with Gasteiger partial charge in [0, 0.05) is 176 Å². The van der Waals surface area contributed by atoms with Crippen molar-refractivity contribution < 1.29 is 158 Å². The van der Waals surface area contributed by atoms with Crippen LogP contribution in [-0.4, -0.2) is 50.9 Å². The van der Waals surface area contributed by atoms with Gasteiger partial charge in [-0.25, -0.2) is 9.59 Å². The van der Waals surface area contributed by atoms with Crippen molar-refractivity contribution in [2.24, 2.45) is 17.8 Å². The molecule has 0 amide bonds. The van der Waals surface area contributed by atoms with Gasteiger partial charge in [0.2, 0.25) is 0 Å². The number of rotatable bonds is 10. The number of halogens is 15. The van der Waals surface area contributed by atoms with E-state index in [2.05, 4.69) is 170 Å². The number of phenolic OH excluding ortho intramolecular Hbond substituents is 2. The number of hydrogen-bond acceptors (Lipinski definition) is 13. The van der Waals surface area contributed by atoms with Gasteiger partial charge in [0.05, 0.1) is 26.8 Å². The van der Waals surface area contributed by atoms with Gasteiger partial charge in [0.1, 0.15) is 34.2 Å². The fraction of sp³-hybridized carbons (Fsp3) is 0.460. The number of aromatic hydroxyl groups is 2. The Morgan fingerprint density at radius 1 is 0.600 bits per heavy atom. The molecule has 80 heavy (non-hydrogen) atoms. The number of hydrogen-bond donors (Lipinski definition) is 4. The van der Waals surface area contributed by atoms with E-state index < -0.39 is 23.5 Å². The van der Waals surface area contributed by atoms with Gasteiger partial charge in [0.15, 0.2) is 0 Å². The molecule has 0 heterocycles. The first-order chi connectivity index (χ1) is 36.8. The van der Waals surface area contributed by atoms with Gasteiger partial charge < -0.3 is 52.2 Å². The van der Waals surface area contributed by atoms with Gasteiger partial charge in [-0.1, -0.05) is 100 Å². The van der Waals surface area contributed by atoms with E-state index in [-0.39, 0.29) is 128 Å². The number of carbonyl (C=O) groups excluding carboxylic acids is 3. The van der Waals surface area contributed by atoms with Crippen LogP contribution in [0.25, 0.3) is 0 Å². The van der Waals surface area contributed by atoms with Crippen LogP contribution in [0.3, 0.4) is 0 Å². The third kappa shape index (κ3) is 59.7. The number of nitrogens with two attached hydrogens (primary N) is 2. The Bertz CT molecular complexity index is 2240. The summed E-state index contributed by atoms with van der Waals surface area (Å²) in [6.07, 6.45) is 11.4. The molecule has 0 bridgehead atoms. The average molecular weight is 2260 g/mol. The monoisotopic (exact) mass is 2250 g/mol. The van der Waals surface area contributed by atoms with Crippen molar-refractivity contribution in [2.75, 3.05) is 22.1 Å². The third-order valence-electron chi connectivity index (χ3n) is 9.19. The zero-order valence-corrected chi connectivity index (χ0v) is 74.7. The number of nitrogen functional groups attached to an aromatic ring is 2. The van der Waals surface area contributed by atoms with Gasteiger partial charge >= 0.3 is 115 Å². The van der Waals surface area contributed by atoms with E-state index in [4.69, 9.17) is 120 Å². The van der Waals surface area contributed by atoms with Gasteiger partial charge in [-0.05, 0) is 157 Å². The SMILES string of the molecule is BrCC1CC1.CC(C)(C)OC(=O)Oc1ccc(CCC2CC2)c(Cl)c1.CC(C)(C)OC(=O)Oc1ccc(N)c(Cl)c1.ClCCl.II.II.II.II.Nc1ccc(O)cc1Cl.O=CO[O-].Oc1ccc(CCC2CC2)c(Cl)c1.[H-].[K+].[K+]. The molecule has 448 valence electrons. The van der Waals surface area contributed by atoms with Crippen molar-refractivity contribution in [3.8, 4) is 23.0 Å². The molecule has 0 atom stereocenters. The van der Waals surface area contributed by atoms with Crippen molar-refractivity contribution in [1.82, 2.24) is 0 Å². The van der Waals surface area contributed by atoms with Crippen molar-refractivity contribution in [3.63, 3.8) is 0 Å². The predicted molar refractivity (Wildman–Crippen MR) is 397 cm³/mol. The standard InChI is InChI=1S/C16H21ClO3.C11H14ClNO3.C11H13ClO.C6H6ClNO.C4H7Br.CH2Cl2.CH2O3.4I2.2K.H/c1-16(2,3)20-15(18)19-13-9-8-12(14(17)10-13)7-6-11-4-5-11;1-11(2,3)16-10(14)15-7-4-5-9(13)8(12)6-7;12-11-7-10(13)6-5-9(11)4-3-8-1-2-8;7-5-3-4(9)1-2-6(5)8;5-3-4-1-2-4;2-1-3;2-1-4-3;4*1-2;;;/h8-11H,4-7H2,1-3H3;4-6H,13H2,1-3H3;5-8,13H,1-4H2;1-3,9H,8H2;4H,1-3H2;1H2;1,3H;;;;;;;/q;;;;;;;;;;;2*+1;-1/p-1. The quantitative estimate of drug-likeness (QED) is 0.0111. The van der Waals surface area contributed by atoms with Crippen molar-refractivity contribution >= 4 is 265 Å². The topological polar surface area (TPSA) is 213 Å². The number of carbonyl (C=O) groups is 3. The molecule has 3 fully saturated rings. The van der Waals surface area contributed by atoms with Crippen molar-refractivity contribution in [1.29, 1.82) is 0 Å². The fourth-order valence-electron chi connectivity index (χ4n) is 5.16. The third-order valence-corrected chi connectivity index (χ3v) is 11.5. The minimum atomic E-state index is -0.770. The first-order valence-electron chi connectivity index (χ1n) is 22.7. The Labute approximate surface area is 691 Å². The summed E-state index contributed by atoms with van der Waals surface area (Å²) in [5.41, 5.74) is 12.9. The van der Waals surface area contributed by atoms with Gasteiger partial charge in [0.25, 0.3) is 6.47 Å². The van der Waals surface area contributed by atoms with Crippen LogP contribution in [0.15, 0.2) is 72.8 Å². The van der Waals surface area contributed by atoms with Crippen LogP contribution in [0.1, 0.15) is 105 Å². The van der Waals surface area contributed by atoms with Crippen LogP contribution in [-0.2, 0) is 32.0 Å². The number of anilines is 2. The molecule has 0 aliphatic heterocycles. The summed E-state index contributed by atoms with van der Waals surface area (Å²) in [7, 11) is 0. The maximum Gasteiger partial charge on any atom is 1.00 e. The summed E-state index contributed by atoms with van der Waals surface area (Å²) in [4.78, 5) is 34.1. The van der Waals surface area contributed by atoms with Crippen LogP contribution in [0, 0.1) is 17.8 Å². The minimum absolute atomic E-state index is 0. The second-order valence-corrected chi connectivity index (χ2v) is 21.0. The zero-order chi connectivity index (χ0) is 61.0.